The van der Waals surface area contributed by atoms with Gasteiger partial charge in [-0.05, 0) is 26.2 Å². The number of rotatable bonds is 5. The van der Waals surface area contributed by atoms with Crippen molar-refractivity contribution < 1.29 is 0 Å². The first-order valence-corrected chi connectivity index (χ1v) is 6.21. The molecule has 5 nitrogen and oxygen atoms in total. The van der Waals surface area contributed by atoms with Crippen LogP contribution in [0.2, 0.25) is 0 Å². The van der Waals surface area contributed by atoms with Gasteiger partial charge in [-0.3, -0.25) is 0 Å². The van der Waals surface area contributed by atoms with E-state index in [2.05, 4.69) is 27.2 Å². The van der Waals surface area contributed by atoms with Crippen LogP contribution in [-0.2, 0) is 0 Å². The van der Waals surface area contributed by atoms with E-state index in [1.54, 1.807) is 6.33 Å². The highest BCUT2D eigenvalue weighted by Gasteiger charge is 2.23. The van der Waals surface area contributed by atoms with Gasteiger partial charge >= 0.3 is 0 Å². The summed E-state index contributed by atoms with van der Waals surface area (Å²) >= 11 is 0. The smallest absolute Gasteiger partial charge is 0.134 e. The van der Waals surface area contributed by atoms with Crippen molar-refractivity contribution in [2.24, 2.45) is 5.73 Å². The topological polar surface area (TPSA) is 67.1 Å². The third-order valence-corrected chi connectivity index (χ3v) is 3.24. The van der Waals surface area contributed by atoms with E-state index in [1.807, 2.05) is 13.0 Å². The van der Waals surface area contributed by atoms with E-state index < -0.39 is 0 Å². The highest BCUT2D eigenvalue weighted by atomic mass is 15.2. The number of nitrogens with two attached hydrogens (primary N) is 1. The summed E-state index contributed by atoms with van der Waals surface area (Å²) in [4.78, 5) is 10.7. The van der Waals surface area contributed by atoms with Gasteiger partial charge in [-0.25, -0.2) is 9.97 Å². The molecule has 2 rings (SSSR count). The van der Waals surface area contributed by atoms with Crippen molar-refractivity contribution in [3.05, 3.63) is 12.4 Å². The summed E-state index contributed by atoms with van der Waals surface area (Å²) in [6.45, 7) is 2.69. The molecule has 1 aliphatic rings. The summed E-state index contributed by atoms with van der Waals surface area (Å²) in [5.41, 5.74) is 5.70. The van der Waals surface area contributed by atoms with Crippen LogP contribution in [0, 0.1) is 0 Å². The molecule has 1 fully saturated rings. The summed E-state index contributed by atoms with van der Waals surface area (Å²) in [7, 11) is 2.10. The lowest BCUT2D eigenvalue weighted by atomic mass is 9.92. The third kappa shape index (κ3) is 3.06. The van der Waals surface area contributed by atoms with Crippen LogP contribution in [0.1, 0.15) is 26.2 Å². The molecule has 1 aromatic rings. The molecule has 1 saturated carbocycles. The zero-order valence-corrected chi connectivity index (χ0v) is 10.6. The lowest BCUT2D eigenvalue weighted by Gasteiger charge is -2.35. The molecular formula is C12H21N5. The van der Waals surface area contributed by atoms with Gasteiger partial charge in [0.1, 0.15) is 18.0 Å². The van der Waals surface area contributed by atoms with E-state index in [1.165, 1.54) is 19.3 Å². The maximum Gasteiger partial charge on any atom is 0.134 e. The minimum atomic E-state index is 0.123. The molecule has 1 unspecified atom stereocenters. The van der Waals surface area contributed by atoms with Crippen molar-refractivity contribution in [2.45, 2.75) is 38.3 Å². The van der Waals surface area contributed by atoms with Crippen LogP contribution in [0.3, 0.4) is 0 Å². The van der Waals surface area contributed by atoms with Crippen molar-refractivity contribution in [1.82, 2.24) is 9.97 Å². The molecule has 94 valence electrons. The molecule has 0 bridgehead atoms. The Bertz CT molecular complexity index is 362. The normalized spacial score (nSPS) is 17.4. The molecule has 0 radical (unpaired) electrons. The van der Waals surface area contributed by atoms with Gasteiger partial charge in [-0.1, -0.05) is 0 Å². The number of anilines is 2. The van der Waals surface area contributed by atoms with Gasteiger partial charge in [0.05, 0.1) is 0 Å². The fraction of sp³-hybridized carbons (Fsp3) is 0.667. The Labute approximate surface area is 102 Å². The van der Waals surface area contributed by atoms with E-state index in [9.17, 15) is 0 Å². The quantitative estimate of drug-likeness (QED) is 0.803. The van der Waals surface area contributed by atoms with Gasteiger partial charge in [-0.15, -0.1) is 0 Å². The van der Waals surface area contributed by atoms with E-state index in [0.29, 0.717) is 6.04 Å². The van der Waals surface area contributed by atoms with Gasteiger partial charge in [0.25, 0.3) is 0 Å². The Morgan fingerprint density at radius 3 is 2.88 bits per heavy atom. The number of aromatic nitrogens is 2. The van der Waals surface area contributed by atoms with Crippen LogP contribution in [0.5, 0.6) is 0 Å². The maximum absolute atomic E-state index is 5.70. The predicted octanol–water partition coefficient (Wildman–Crippen LogP) is 1.22. The molecule has 1 heterocycles. The first kappa shape index (κ1) is 12.1. The van der Waals surface area contributed by atoms with Crippen molar-refractivity contribution in [3.8, 4) is 0 Å². The van der Waals surface area contributed by atoms with E-state index in [0.717, 1.165) is 18.2 Å². The van der Waals surface area contributed by atoms with E-state index in [4.69, 9.17) is 5.73 Å². The zero-order valence-electron chi connectivity index (χ0n) is 10.6. The third-order valence-electron chi connectivity index (χ3n) is 3.24. The van der Waals surface area contributed by atoms with Gasteiger partial charge in [0, 0.05) is 31.7 Å². The van der Waals surface area contributed by atoms with Crippen molar-refractivity contribution in [3.63, 3.8) is 0 Å². The van der Waals surface area contributed by atoms with E-state index >= 15 is 0 Å². The second-order valence-corrected chi connectivity index (χ2v) is 4.82. The van der Waals surface area contributed by atoms with Crippen molar-refractivity contribution in [1.29, 1.82) is 0 Å². The second-order valence-electron chi connectivity index (χ2n) is 4.82. The van der Waals surface area contributed by atoms with Gasteiger partial charge in [-0.2, -0.15) is 0 Å². The summed E-state index contributed by atoms with van der Waals surface area (Å²) < 4.78 is 0. The highest BCUT2D eigenvalue weighted by Crippen LogP contribution is 2.27. The molecule has 0 aromatic carbocycles. The Morgan fingerprint density at radius 1 is 1.53 bits per heavy atom. The first-order valence-electron chi connectivity index (χ1n) is 6.21. The maximum atomic E-state index is 5.70. The molecule has 0 amide bonds. The Morgan fingerprint density at radius 2 is 2.29 bits per heavy atom. The Hall–Kier alpha value is -1.36. The Balaban J connectivity index is 2.00. The number of nitrogens with zero attached hydrogens (tertiary/aromatic N) is 3. The molecule has 0 spiro atoms. The summed E-state index contributed by atoms with van der Waals surface area (Å²) in [5, 5.41) is 3.21. The summed E-state index contributed by atoms with van der Waals surface area (Å²) in [6, 6.07) is 2.75. The summed E-state index contributed by atoms with van der Waals surface area (Å²) in [6.07, 6.45) is 5.47. The molecule has 1 aliphatic carbocycles. The average Bonchev–Trinajstić information content (AvgIpc) is 2.24. The highest BCUT2D eigenvalue weighted by molar-refractivity contribution is 5.48. The lowest BCUT2D eigenvalue weighted by Crippen LogP contribution is -2.37. The fourth-order valence-corrected chi connectivity index (χ4v) is 1.86. The molecule has 17 heavy (non-hydrogen) atoms. The molecule has 1 aromatic heterocycles. The zero-order chi connectivity index (χ0) is 12.3. The molecule has 5 heteroatoms. The second kappa shape index (κ2) is 5.31. The SMILES string of the molecule is CC(N)CNc1cc(N(C)C2CCC2)ncn1. The van der Waals surface area contributed by atoms with Crippen LogP contribution in [0.15, 0.2) is 12.4 Å². The standard InChI is InChI=1S/C12H21N5/c1-9(13)7-14-11-6-12(16-8-15-11)17(2)10-4-3-5-10/h6,8-10H,3-5,7,13H2,1-2H3,(H,14,15,16). The molecule has 0 aliphatic heterocycles. The lowest BCUT2D eigenvalue weighted by molar-refractivity contribution is 0.399. The molecule has 3 N–H and O–H groups in total. The van der Waals surface area contributed by atoms with Crippen LogP contribution in [-0.4, -0.2) is 35.6 Å². The van der Waals surface area contributed by atoms with Crippen molar-refractivity contribution in [2.75, 3.05) is 23.8 Å². The minimum Gasteiger partial charge on any atom is -0.368 e. The molecule has 1 atom stereocenters. The fourth-order valence-electron chi connectivity index (χ4n) is 1.86. The van der Waals surface area contributed by atoms with E-state index in [-0.39, 0.29) is 6.04 Å². The minimum absolute atomic E-state index is 0.123. The van der Waals surface area contributed by atoms with Gasteiger partial charge < -0.3 is 16.0 Å². The first-order chi connectivity index (χ1) is 8.16. The molecular weight excluding hydrogens is 214 g/mol. The van der Waals surface area contributed by atoms with Gasteiger partial charge in [0.2, 0.25) is 0 Å². The number of hydrogen-bond acceptors (Lipinski definition) is 5. The number of nitrogens with one attached hydrogen (secondary N) is 1. The molecule has 0 saturated heterocycles. The average molecular weight is 235 g/mol. The van der Waals surface area contributed by atoms with Gasteiger partial charge in [0.15, 0.2) is 0 Å². The number of hydrogen-bond donors (Lipinski definition) is 2. The van der Waals surface area contributed by atoms with Crippen LogP contribution < -0.4 is 16.0 Å². The monoisotopic (exact) mass is 235 g/mol. The predicted molar refractivity (Wildman–Crippen MR) is 70.2 cm³/mol. The van der Waals surface area contributed by atoms with Crippen LogP contribution in [0.25, 0.3) is 0 Å². The summed E-state index contributed by atoms with van der Waals surface area (Å²) in [5.74, 6) is 1.83. The van der Waals surface area contributed by atoms with Crippen LogP contribution in [0.4, 0.5) is 11.6 Å². The van der Waals surface area contributed by atoms with Crippen molar-refractivity contribution >= 4 is 11.6 Å². The van der Waals surface area contributed by atoms with Crippen LogP contribution >= 0.6 is 0 Å². The Kier molecular flexibility index (Phi) is 3.78. The largest absolute Gasteiger partial charge is 0.368 e.